The Morgan fingerprint density at radius 3 is 2.27 bits per heavy atom. The van der Waals surface area contributed by atoms with Gasteiger partial charge in [0.05, 0.1) is 12.0 Å². The van der Waals surface area contributed by atoms with Crippen LogP contribution in [0.1, 0.15) is 30.5 Å². The van der Waals surface area contributed by atoms with Gasteiger partial charge in [0.15, 0.2) is 0 Å². The average Bonchev–Trinajstić information content (AvgIpc) is 3.00. The fourth-order valence-electron chi connectivity index (χ4n) is 4.57. The second-order valence-electron chi connectivity index (χ2n) is 10.6. The summed E-state index contributed by atoms with van der Waals surface area (Å²) in [4.78, 5) is 20.0. The van der Waals surface area contributed by atoms with Crippen LogP contribution in [0.4, 0.5) is 10.5 Å². The highest BCUT2D eigenvalue weighted by molar-refractivity contribution is 7.89. The zero-order valence-corrected chi connectivity index (χ0v) is 26.4. The first-order valence-electron chi connectivity index (χ1n) is 13.8. The van der Waals surface area contributed by atoms with Gasteiger partial charge in [0.1, 0.15) is 16.6 Å². The molecule has 0 heterocycles. The lowest BCUT2D eigenvalue weighted by atomic mass is 10.1. The molecule has 5 N–H and O–H groups in total. The average molecular weight is 630 g/mol. The van der Waals surface area contributed by atoms with Gasteiger partial charge in [0.25, 0.3) is 0 Å². The van der Waals surface area contributed by atoms with E-state index in [9.17, 15) is 13.2 Å². The summed E-state index contributed by atoms with van der Waals surface area (Å²) in [5, 5.41) is 8.34. The third-order valence-corrected chi connectivity index (χ3v) is 7.96. The molecule has 0 spiro atoms. The van der Waals surface area contributed by atoms with Crippen LogP contribution in [-0.2, 0) is 16.6 Å². The number of amidine groups is 1. The van der Waals surface area contributed by atoms with E-state index in [2.05, 4.69) is 10.3 Å². The molecule has 0 bridgehead atoms. The molecule has 4 aromatic rings. The molecule has 0 radical (unpaired) electrons. The number of nitrogens with two attached hydrogens (primary N) is 2. The van der Waals surface area contributed by atoms with E-state index >= 15 is 0 Å². The van der Waals surface area contributed by atoms with Crippen LogP contribution in [0.3, 0.4) is 0 Å². The van der Waals surface area contributed by atoms with E-state index in [-0.39, 0.29) is 22.7 Å². The largest absolute Gasteiger partial charge is 0.497 e. The zero-order chi connectivity index (χ0) is 31.9. The number of benzene rings is 4. The van der Waals surface area contributed by atoms with Crippen molar-refractivity contribution in [3.63, 3.8) is 0 Å². The summed E-state index contributed by atoms with van der Waals surface area (Å²) in [5.41, 5.74) is 10.4. The van der Waals surface area contributed by atoms with Crippen molar-refractivity contribution in [2.24, 2.45) is 21.8 Å². The normalized spacial score (nSPS) is 11.7. The predicted molar refractivity (Wildman–Crippen MR) is 179 cm³/mol. The van der Waals surface area contributed by atoms with Gasteiger partial charge < -0.3 is 20.7 Å². The van der Waals surface area contributed by atoms with Crippen molar-refractivity contribution in [1.82, 2.24) is 4.90 Å². The van der Waals surface area contributed by atoms with Crippen molar-refractivity contribution in [2.75, 3.05) is 19.0 Å². The van der Waals surface area contributed by atoms with Gasteiger partial charge in [-0.25, -0.2) is 23.3 Å². The molecule has 44 heavy (non-hydrogen) atoms. The Labute approximate surface area is 263 Å². The van der Waals surface area contributed by atoms with Crippen LogP contribution in [0.5, 0.6) is 5.75 Å². The first-order valence-corrected chi connectivity index (χ1v) is 15.8. The molecule has 0 aromatic heterocycles. The summed E-state index contributed by atoms with van der Waals surface area (Å²) in [6.45, 7) is 4.94. The van der Waals surface area contributed by atoms with E-state index in [0.29, 0.717) is 40.5 Å². The monoisotopic (exact) mass is 629 g/mol. The molecule has 0 saturated heterocycles. The lowest BCUT2D eigenvalue weighted by molar-refractivity contribution is 0.201. The highest BCUT2D eigenvalue weighted by Gasteiger charge is 2.18. The Bertz CT molecular complexity index is 1770. The van der Waals surface area contributed by atoms with Gasteiger partial charge in [-0.2, -0.15) is 0 Å². The second kappa shape index (κ2) is 14.3. The minimum atomic E-state index is -3.90. The number of anilines is 1. The number of hydrogen-bond donors (Lipinski definition) is 3. The zero-order valence-electron chi connectivity index (χ0n) is 24.7. The van der Waals surface area contributed by atoms with Crippen LogP contribution in [0.2, 0.25) is 0 Å². The maximum absolute atomic E-state index is 13.4. The van der Waals surface area contributed by atoms with E-state index in [0.717, 1.165) is 16.9 Å². The minimum Gasteiger partial charge on any atom is -0.497 e. The number of primary sulfonamides is 1. The van der Waals surface area contributed by atoms with Crippen molar-refractivity contribution in [3.05, 3.63) is 114 Å². The summed E-state index contributed by atoms with van der Waals surface area (Å²) in [5.74, 6) is 1.21. The first kappa shape index (κ1) is 32.3. The van der Waals surface area contributed by atoms with Gasteiger partial charge in [-0.15, -0.1) is 0 Å². The number of amides is 2. The van der Waals surface area contributed by atoms with Gasteiger partial charge in [-0.1, -0.05) is 74.6 Å². The number of carbonyl (C=O) groups is 1. The minimum absolute atomic E-state index is 0.0374. The number of aliphatic imine (C=N–C) groups is 1. The van der Waals surface area contributed by atoms with Crippen molar-refractivity contribution >= 4 is 44.8 Å². The van der Waals surface area contributed by atoms with Crippen molar-refractivity contribution in [2.45, 2.75) is 25.3 Å². The molecule has 4 rings (SSSR count). The standard InChI is InChI=1S/C33H35N5O4S2/c1-22(2)20-38(33(39)36-27-15-11-24(12-16-27)29-9-4-5-10-30(29)44(35,40)41)21-23-7-6-8-26(19-23)31(34)37-32(43)25-13-17-28(42-3)18-14-25/h4-19,22H,20-21H2,1-3H3,(H,36,39)(H2,34,37,43)(H2,35,40,41). The molecule has 11 heteroatoms. The smallest absolute Gasteiger partial charge is 0.322 e. The van der Waals surface area contributed by atoms with Crippen LogP contribution in [0.25, 0.3) is 11.1 Å². The number of methoxy groups -OCH3 is 1. The number of nitrogens with one attached hydrogen (secondary N) is 1. The summed E-state index contributed by atoms with van der Waals surface area (Å²) in [6.07, 6.45) is 0. The highest BCUT2D eigenvalue weighted by atomic mass is 32.2. The molecule has 0 unspecified atom stereocenters. The van der Waals surface area contributed by atoms with Crippen LogP contribution in [0, 0.1) is 5.92 Å². The van der Waals surface area contributed by atoms with Gasteiger partial charge in [0.2, 0.25) is 10.0 Å². The number of thiocarbonyl (C=S) groups is 1. The van der Waals surface area contributed by atoms with E-state index in [1.807, 2.05) is 62.4 Å². The van der Waals surface area contributed by atoms with Crippen LogP contribution in [0.15, 0.2) is 107 Å². The maximum atomic E-state index is 13.4. The Kier molecular flexibility index (Phi) is 10.5. The Morgan fingerprint density at radius 1 is 0.955 bits per heavy atom. The molecule has 0 aliphatic heterocycles. The number of nitrogens with zero attached hydrogens (tertiary/aromatic N) is 2. The van der Waals surface area contributed by atoms with Gasteiger partial charge in [-0.3, -0.25) is 0 Å². The molecule has 0 aliphatic carbocycles. The topological polar surface area (TPSA) is 140 Å². The molecule has 9 nitrogen and oxygen atoms in total. The summed E-state index contributed by atoms with van der Waals surface area (Å²) in [7, 11) is -2.30. The Balaban J connectivity index is 1.48. The fraction of sp³-hybridized carbons (Fsp3) is 0.182. The molecule has 0 fully saturated rings. The maximum Gasteiger partial charge on any atom is 0.322 e. The molecule has 4 aromatic carbocycles. The van der Waals surface area contributed by atoms with Crippen molar-refractivity contribution < 1.29 is 17.9 Å². The number of ether oxygens (including phenoxy) is 1. The molecule has 2 amide bonds. The lowest BCUT2D eigenvalue weighted by Crippen LogP contribution is -2.37. The van der Waals surface area contributed by atoms with Gasteiger partial charge >= 0.3 is 6.03 Å². The lowest BCUT2D eigenvalue weighted by Gasteiger charge is -2.25. The Morgan fingerprint density at radius 2 is 1.64 bits per heavy atom. The third kappa shape index (κ3) is 8.50. The van der Waals surface area contributed by atoms with Crippen molar-refractivity contribution in [1.29, 1.82) is 0 Å². The quantitative estimate of drug-likeness (QED) is 0.115. The van der Waals surface area contributed by atoms with Gasteiger partial charge in [0, 0.05) is 35.5 Å². The molecule has 228 valence electrons. The molecule has 0 aliphatic rings. The van der Waals surface area contributed by atoms with Gasteiger partial charge in [-0.05, 0) is 65.6 Å². The molecule has 0 saturated carbocycles. The third-order valence-electron chi connectivity index (χ3n) is 6.67. The highest BCUT2D eigenvalue weighted by Crippen LogP contribution is 2.28. The van der Waals surface area contributed by atoms with E-state index in [1.165, 1.54) is 6.07 Å². The molecule has 0 atom stereocenters. The molecular weight excluding hydrogens is 595 g/mol. The number of sulfonamides is 1. The summed E-state index contributed by atoms with van der Waals surface area (Å²) < 4.78 is 29.3. The number of carbonyl (C=O) groups excluding carboxylic acids is 1. The number of urea groups is 1. The van der Waals surface area contributed by atoms with E-state index in [1.54, 1.807) is 54.5 Å². The fourth-order valence-corrected chi connectivity index (χ4v) is 5.57. The van der Waals surface area contributed by atoms with Crippen molar-refractivity contribution in [3.8, 4) is 16.9 Å². The van der Waals surface area contributed by atoms with E-state index < -0.39 is 10.0 Å². The molecular formula is C33H35N5O4S2. The van der Waals surface area contributed by atoms with Crippen LogP contribution in [-0.4, -0.2) is 43.8 Å². The van der Waals surface area contributed by atoms with Crippen LogP contribution >= 0.6 is 12.2 Å². The summed E-state index contributed by atoms with van der Waals surface area (Å²) in [6, 6.07) is 28.0. The predicted octanol–water partition coefficient (Wildman–Crippen LogP) is 5.78. The number of hydrogen-bond acceptors (Lipinski definition) is 5. The van der Waals surface area contributed by atoms with E-state index in [4.69, 9.17) is 27.8 Å². The number of rotatable bonds is 10. The first-order chi connectivity index (χ1) is 20.9. The second-order valence-corrected chi connectivity index (χ2v) is 12.5. The SMILES string of the molecule is COc1ccc(C(=S)N=C(N)c2cccc(CN(CC(C)C)C(=O)Nc3ccc(-c4ccccc4S(N)(=O)=O)cc3)c2)cc1. The summed E-state index contributed by atoms with van der Waals surface area (Å²) >= 11 is 5.48. The van der Waals surface area contributed by atoms with Crippen LogP contribution < -0.4 is 20.9 Å². The Hall–Kier alpha value is -4.58.